The van der Waals surface area contributed by atoms with E-state index in [1.54, 1.807) is 0 Å². The molecule has 5 nitrogen and oxygen atoms in total. The topological polar surface area (TPSA) is 64.0 Å². The minimum atomic E-state index is -1.00. The Balaban J connectivity index is 2.07. The van der Waals surface area contributed by atoms with Gasteiger partial charge in [0.15, 0.2) is 0 Å². The van der Waals surface area contributed by atoms with Gasteiger partial charge in [-0.2, -0.15) is 0 Å². The SMILES string of the molecule is CCC(CC)C[C@@H]1[C@H](O)[C@@H](O)[C@@H](CC(CC)CC)N(Cc2ccccc2)C(=O)N1Cc1ccccc1. The Morgan fingerprint density at radius 2 is 0.972 bits per heavy atom. The second-order valence-corrected chi connectivity index (χ2v) is 10.5. The molecular weight excluding hydrogens is 448 g/mol. The van der Waals surface area contributed by atoms with E-state index in [1.807, 2.05) is 70.5 Å². The molecule has 2 amide bonds. The normalized spacial score (nSPS) is 22.9. The number of carbonyl (C=O) groups is 1. The quantitative estimate of drug-likeness (QED) is 0.367. The van der Waals surface area contributed by atoms with Gasteiger partial charge >= 0.3 is 6.03 Å². The van der Waals surface area contributed by atoms with Gasteiger partial charge in [0.2, 0.25) is 0 Å². The molecule has 0 radical (unpaired) electrons. The van der Waals surface area contributed by atoms with Crippen molar-refractivity contribution in [2.45, 2.75) is 104 Å². The predicted octanol–water partition coefficient (Wildman–Crippen LogP) is 6.24. The van der Waals surface area contributed by atoms with Gasteiger partial charge in [0.1, 0.15) is 12.2 Å². The van der Waals surface area contributed by atoms with Crippen molar-refractivity contribution < 1.29 is 15.0 Å². The molecular formula is C31H46N2O3. The summed E-state index contributed by atoms with van der Waals surface area (Å²) in [6.07, 6.45) is 3.28. The van der Waals surface area contributed by atoms with Gasteiger partial charge < -0.3 is 20.0 Å². The van der Waals surface area contributed by atoms with Crippen molar-refractivity contribution in [3.05, 3.63) is 71.8 Å². The second kappa shape index (κ2) is 13.8. The molecule has 0 aromatic heterocycles. The van der Waals surface area contributed by atoms with Crippen LogP contribution in [0.25, 0.3) is 0 Å². The molecule has 2 aromatic carbocycles. The monoisotopic (exact) mass is 494 g/mol. The third-order valence-corrected chi connectivity index (χ3v) is 8.28. The van der Waals surface area contributed by atoms with E-state index in [2.05, 4.69) is 27.7 Å². The fourth-order valence-corrected chi connectivity index (χ4v) is 5.66. The van der Waals surface area contributed by atoms with Crippen LogP contribution in [0.3, 0.4) is 0 Å². The Morgan fingerprint density at radius 3 is 1.28 bits per heavy atom. The fourth-order valence-electron chi connectivity index (χ4n) is 5.66. The molecule has 4 atom stereocenters. The van der Waals surface area contributed by atoms with Crippen LogP contribution in [0, 0.1) is 11.8 Å². The van der Waals surface area contributed by atoms with Crippen LogP contribution in [0.5, 0.6) is 0 Å². The number of aliphatic hydroxyl groups excluding tert-OH is 2. The van der Waals surface area contributed by atoms with Gasteiger partial charge in [-0.25, -0.2) is 4.79 Å². The van der Waals surface area contributed by atoms with Crippen molar-refractivity contribution >= 4 is 6.03 Å². The van der Waals surface area contributed by atoms with Crippen LogP contribution in [-0.2, 0) is 13.1 Å². The summed E-state index contributed by atoms with van der Waals surface area (Å²) in [6.45, 7) is 9.47. The molecule has 1 aliphatic heterocycles. The zero-order valence-electron chi connectivity index (χ0n) is 22.6. The molecule has 0 aliphatic carbocycles. The van der Waals surface area contributed by atoms with Crippen LogP contribution < -0.4 is 0 Å². The Labute approximate surface area is 218 Å². The summed E-state index contributed by atoms with van der Waals surface area (Å²) >= 11 is 0. The summed E-state index contributed by atoms with van der Waals surface area (Å²) in [4.78, 5) is 18.1. The summed E-state index contributed by atoms with van der Waals surface area (Å²) in [5.41, 5.74) is 2.06. The van der Waals surface area contributed by atoms with Crippen LogP contribution in [0.15, 0.2) is 60.7 Å². The number of nitrogens with zero attached hydrogens (tertiary/aromatic N) is 2. The van der Waals surface area contributed by atoms with Crippen molar-refractivity contribution in [3.63, 3.8) is 0 Å². The Kier molecular flexibility index (Phi) is 10.8. The molecule has 1 saturated heterocycles. The molecule has 1 heterocycles. The highest BCUT2D eigenvalue weighted by Gasteiger charge is 2.46. The summed E-state index contributed by atoms with van der Waals surface area (Å²) in [5.74, 6) is 0.752. The summed E-state index contributed by atoms with van der Waals surface area (Å²) in [5, 5.41) is 23.3. The highest BCUT2D eigenvalue weighted by atomic mass is 16.3. The Hall–Kier alpha value is -2.37. The van der Waals surface area contributed by atoms with Crippen LogP contribution in [0.4, 0.5) is 4.79 Å². The van der Waals surface area contributed by atoms with Crippen LogP contribution in [0.1, 0.15) is 77.3 Å². The number of benzene rings is 2. The van der Waals surface area contributed by atoms with Crippen molar-refractivity contribution in [2.75, 3.05) is 0 Å². The molecule has 5 heteroatoms. The smallest absolute Gasteiger partial charge is 0.321 e. The standard InChI is InChI=1S/C31H46N2O3/c1-5-23(6-2)19-27-29(34)30(35)28(20-24(7-3)8-4)33(22-26-17-13-10-14-18-26)31(36)32(27)21-25-15-11-9-12-16-25/h9-18,23-24,27-30,34-35H,5-8,19-22H2,1-4H3/t27-,28-,29+,30+/m1/s1. The largest absolute Gasteiger partial charge is 0.388 e. The minimum Gasteiger partial charge on any atom is -0.388 e. The molecule has 198 valence electrons. The van der Waals surface area contributed by atoms with E-state index in [0.717, 1.165) is 36.8 Å². The maximum atomic E-state index is 14.4. The van der Waals surface area contributed by atoms with E-state index in [-0.39, 0.29) is 6.03 Å². The molecule has 2 N–H and O–H groups in total. The lowest BCUT2D eigenvalue weighted by atomic mass is 9.85. The maximum Gasteiger partial charge on any atom is 0.321 e. The number of amides is 2. The minimum absolute atomic E-state index is 0.0924. The van der Waals surface area contributed by atoms with E-state index >= 15 is 0 Å². The van der Waals surface area contributed by atoms with Gasteiger partial charge in [0.05, 0.1) is 12.1 Å². The second-order valence-electron chi connectivity index (χ2n) is 10.5. The van der Waals surface area contributed by atoms with E-state index in [9.17, 15) is 15.0 Å². The molecule has 0 saturated carbocycles. The lowest BCUT2D eigenvalue weighted by molar-refractivity contribution is -0.0502. The van der Waals surface area contributed by atoms with Gasteiger partial charge in [0.25, 0.3) is 0 Å². The molecule has 1 fully saturated rings. The van der Waals surface area contributed by atoms with Gasteiger partial charge in [0, 0.05) is 13.1 Å². The third-order valence-electron chi connectivity index (χ3n) is 8.28. The predicted molar refractivity (Wildman–Crippen MR) is 146 cm³/mol. The van der Waals surface area contributed by atoms with Gasteiger partial charge in [-0.05, 0) is 35.8 Å². The first-order valence-electron chi connectivity index (χ1n) is 13.9. The van der Waals surface area contributed by atoms with Crippen LogP contribution in [-0.4, -0.2) is 50.3 Å². The summed E-state index contributed by atoms with van der Waals surface area (Å²) in [6, 6.07) is 19.0. The van der Waals surface area contributed by atoms with Gasteiger partial charge in [-0.1, -0.05) is 114 Å². The molecule has 0 bridgehead atoms. The number of hydrogen-bond donors (Lipinski definition) is 2. The summed E-state index contributed by atoms with van der Waals surface area (Å²) < 4.78 is 0. The molecule has 1 aliphatic rings. The van der Waals surface area contributed by atoms with E-state index < -0.39 is 24.3 Å². The van der Waals surface area contributed by atoms with Crippen LogP contribution in [0.2, 0.25) is 0 Å². The maximum absolute atomic E-state index is 14.4. The lowest BCUT2D eigenvalue weighted by Gasteiger charge is -2.37. The van der Waals surface area contributed by atoms with Gasteiger partial charge in [-0.15, -0.1) is 0 Å². The number of hydrogen-bond acceptors (Lipinski definition) is 3. The van der Waals surface area contributed by atoms with Crippen molar-refractivity contribution in [2.24, 2.45) is 11.8 Å². The number of carbonyl (C=O) groups excluding carboxylic acids is 1. The first-order chi connectivity index (χ1) is 17.4. The molecule has 36 heavy (non-hydrogen) atoms. The van der Waals surface area contributed by atoms with Crippen molar-refractivity contribution in [1.29, 1.82) is 0 Å². The molecule has 0 unspecified atom stereocenters. The van der Waals surface area contributed by atoms with Crippen LogP contribution >= 0.6 is 0 Å². The first-order valence-corrected chi connectivity index (χ1v) is 13.9. The number of aliphatic hydroxyl groups is 2. The molecule has 0 spiro atoms. The lowest BCUT2D eigenvalue weighted by Crippen LogP contribution is -2.50. The van der Waals surface area contributed by atoms with Gasteiger partial charge in [-0.3, -0.25) is 0 Å². The highest BCUT2D eigenvalue weighted by Crippen LogP contribution is 2.33. The number of urea groups is 1. The zero-order chi connectivity index (χ0) is 26.1. The third kappa shape index (κ3) is 6.89. The van der Waals surface area contributed by atoms with E-state index in [4.69, 9.17) is 0 Å². The fraction of sp³-hybridized carbons (Fsp3) is 0.581. The molecule has 3 rings (SSSR count). The van der Waals surface area contributed by atoms with Crippen molar-refractivity contribution in [1.82, 2.24) is 9.80 Å². The highest BCUT2D eigenvalue weighted by molar-refractivity contribution is 5.76. The Morgan fingerprint density at radius 1 is 0.639 bits per heavy atom. The molecule has 2 aromatic rings. The average molecular weight is 495 g/mol. The van der Waals surface area contributed by atoms with E-state index in [1.165, 1.54) is 0 Å². The van der Waals surface area contributed by atoms with E-state index in [0.29, 0.717) is 37.8 Å². The number of rotatable bonds is 12. The van der Waals surface area contributed by atoms with Crippen molar-refractivity contribution in [3.8, 4) is 0 Å². The summed E-state index contributed by atoms with van der Waals surface area (Å²) in [7, 11) is 0. The Bertz CT molecular complexity index is 825. The first kappa shape index (κ1) is 28.2. The zero-order valence-corrected chi connectivity index (χ0v) is 22.6. The average Bonchev–Trinajstić information content (AvgIpc) is 2.97.